The number of hydrogen-bond donors (Lipinski definition) is 0. The Bertz CT molecular complexity index is 450. The SMILES string of the molecule is CC(=O)Oc1cccc2ncsc12. The van der Waals surface area contributed by atoms with Gasteiger partial charge in [0.25, 0.3) is 0 Å². The Balaban J connectivity index is 2.54. The lowest BCUT2D eigenvalue weighted by molar-refractivity contribution is -0.131. The molecule has 0 atom stereocenters. The van der Waals surface area contributed by atoms with Gasteiger partial charge in [-0.25, -0.2) is 4.98 Å². The summed E-state index contributed by atoms with van der Waals surface area (Å²) in [6.45, 7) is 1.39. The molecule has 2 rings (SSSR count). The molecule has 13 heavy (non-hydrogen) atoms. The molecule has 3 nitrogen and oxygen atoms in total. The number of rotatable bonds is 1. The minimum absolute atomic E-state index is 0.305. The summed E-state index contributed by atoms with van der Waals surface area (Å²) in [5.41, 5.74) is 2.60. The normalized spacial score (nSPS) is 10.2. The molecule has 1 aromatic carbocycles. The number of ether oxygens (including phenoxy) is 1. The minimum atomic E-state index is -0.305. The van der Waals surface area contributed by atoms with Crippen molar-refractivity contribution in [2.45, 2.75) is 6.92 Å². The third-order valence-corrected chi connectivity index (χ3v) is 2.43. The largest absolute Gasteiger partial charge is 0.425 e. The fourth-order valence-corrected chi connectivity index (χ4v) is 1.83. The number of aromatic nitrogens is 1. The smallest absolute Gasteiger partial charge is 0.308 e. The number of fused-ring (bicyclic) bond motifs is 1. The first-order chi connectivity index (χ1) is 6.27. The van der Waals surface area contributed by atoms with Crippen molar-refractivity contribution >= 4 is 27.5 Å². The summed E-state index contributed by atoms with van der Waals surface area (Å²) in [7, 11) is 0. The number of hydrogen-bond acceptors (Lipinski definition) is 4. The Morgan fingerprint density at radius 3 is 3.15 bits per heavy atom. The number of carbonyl (C=O) groups excluding carboxylic acids is 1. The number of carbonyl (C=O) groups is 1. The van der Waals surface area contributed by atoms with Gasteiger partial charge in [0.2, 0.25) is 0 Å². The molecule has 1 aromatic heterocycles. The fourth-order valence-electron chi connectivity index (χ4n) is 1.10. The highest BCUT2D eigenvalue weighted by molar-refractivity contribution is 7.17. The molecule has 0 amide bonds. The van der Waals surface area contributed by atoms with Crippen molar-refractivity contribution < 1.29 is 9.53 Å². The fraction of sp³-hybridized carbons (Fsp3) is 0.111. The monoisotopic (exact) mass is 193 g/mol. The second-order valence-corrected chi connectivity index (χ2v) is 3.41. The number of nitrogens with zero attached hydrogens (tertiary/aromatic N) is 1. The van der Waals surface area contributed by atoms with Crippen LogP contribution in [0.15, 0.2) is 23.7 Å². The summed E-state index contributed by atoms with van der Waals surface area (Å²) in [6.07, 6.45) is 0. The molecule has 66 valence electrons. The first kappa shape index (κ1) is 8.19. The highest BCUT2D eigenvalue weighted by Crippen LogP contribution is 2.28. The Kier molecular flexibility index (Phi) is 1.98. The zero-order valence-electron chi connectivity index (χ0n) is 6.98. The maximum atomic E-state index is 10.7. The lowest BCUT2D eigenvalue weighted by Crippen LogP contribution is -2.00. The lowest BCUT2D eigenvalue weighted by Gasteiger charge is -2.00. The topological polar surface area (TPSA) is 39.2 Å². The van der Waals surface area contributed by atoms with Crippen LogP contribution < -0.4 is 4.74 Å². The second-order valence-electron chi connectivity index (χ2n) is 2.55. The molecule has 1 heterocycles. The van der Waals surface area contributed by atoms with Crippen LogP contribution >= 0.6 is 11.3 Å². The van der Waals surface area contributed by atoms with Gasteiger partial charge in [-0.05, 0) is 12.1 Å². The molecule has 0 saturated heterocycles. The molecular formula is C9H7NO2S. The Morgan fingerprint density at radius 2 is 2.38 bits per heavy atom. The maximum absolute atomic E-state index is 10.7. The quantitative estimate of drug-likeness (QED) is 0.515. The van der Waals surface area contributed by atoms with Gasteiger partial charge in [0, 0.05) is 6.92 Å². The van der Waals surface area contributed by atoms with Crippen molar-refractivity contribution in [1.29, 1.82) is 0 Å². The zero-order valence-corrected chi connectivity index (χ0v) is 7.80. The Labute approximate surface area is 79.0 Å². The van der Waals surface area contributed by atoms with Crippen molar-refractivity contribution in [3.05, 3.63) is 23.7 Å². The zero-order chi connectivity index (χ0) is 9.26. The first-order valence-corrected chi connectivity index (χ1v) is 4.66. The summed E-state index contributed by atoms with van der Waals surface area (Å²) in [5, 5.41) is 0. The predicted molar refractivity (Wildman–Crippen MR) is 50.9 cm³/mol. The third-order valence-electron chi connectivity index (χ3n) is 1.57. The van der Waals surface area contributed by atoms with Crippen molar-refractivity contribution in [3.63, 3.8) is 0 Å². The van der Waals surface area contributed by atoms with Crippen LogP contribution in [0.5, 0.6) is 5.75 Å². The molecule has 0 unspecified atom stereocenters. The minimum Gasteiger partial charge on any atom is -0.425 e. The highest BCUT2D eigenvalue weighted by Gasteiger charge is 2.05. The summed E-state index contributed by atoms with van der Waals surface area (Å²) >= 11 is 1.47. The average Bonchev–Trinajstić information content (AvgIpc) is 2.51. The molecule has 0 radical (unpaired) electrons. The van der Waals surface area contributed by atoms with E-state index in [1.807, 2.05) is 12.1 Å². The van der Waals surface area contributed by atoms with Gasteiger partial charge in [-0.1, -0.05) is 6.07 Å². The molecule has 0 aliphatic carbocycles. The van der Waals surface area contributed by atoms with Gasteiger partial charge in [0.05, 0.1) is 15.7 Å². The van der Waals surface area contributed by atoms with Crippen LogP contribution in [0.3, 0.4) is 0 Å². The van der Waals surface area contributed by atoms with Crippen LogP contribution in [0, 0.1) is 0 Å². The van der Waals surface area contributed by atoms with Gasteiger partial charge in [0.1, 0.15) is 5.75 Å². The van der Waals surface area contributed by atoms with Crippen molar-refractivity contribution in [2.75, 3.05) is 0 Å². The molecule has 0 aliphatic rings. The molecule has 0 spiro atoms. The molecular weight excluding hydrogens is 186 g/mol. The van der Waals surface area contributed by atoms with Gasteiger partial charge >= 0.3 is 5.97 Å². The van der Waals surface area contributed by atoms with E-state index >= 15 is 0 Å². The summed E-state index contributed by atoms with van der Waals surface area (Å²) in [6, 6.07) is 5.47. The average molecular weight is 193 g/mol. The van der Waals surface area contributed by atoms with Gasteiger partial charge < -0.3 is 4.74 Å². The Morgan fingerprint density at radius 1 is 1.54 bits per heavy atom. The van der Waals surface area contributed by atoms with E-state index in [0.29, 0.717) is 5.75 Å². The van der Waals surface area contributed by atoms with Gasteiger partial charge in [-0.2, -0.15) is 0 Å². The second kappa shape index (κ2) is 3.14. The molecule has 2 aromatic rings. The van der Waals surface area contributed by atoms with E-state index in [9.17, 15) is 4.79 Å². The number of esters is 1. The van der Waals surface area contributed by atoms with E-state index in [2.05, 4.69) is 4.98 Å². The van der Waals surface area contributed by atoms with Crippen molar-refractivity contribution in [2.24, 2.45) is 0 Å². The van der Waals surface area contributed by atoms with Crippen LogP contribution in [0.1, 0.15) is 6.92 Å². The maximum Gasteiger partial charge on any atom is 0.308 e. The van der Waals surface area contributed by atoms with Gasteiger partial charge in [-0.3, -0.25) is 4.79 Å². The van der Waals surface area contributed by atoms with Gasteiger partial charge in [-0.15, -0.1) is 11.3 Å². The first-order valence-electron chi connectivity index (χ1n) is 3.78. The van der Waals surface area contributed by atoms with E-state index in [1.54, 1.807) is 11.6 Å². The van der Waals surface area contributed by atoms with Crippen LogP contribution in [0.2, 0.25) is 0 Å². The van der Waals surface area contributed by atoms with E-state index in [0.717, 1.165) is 10.2 Å². The van der Waals surface area contributed by atoms with Gasteiger partial charge in [0.15, 0.2) is 0 Å². The van der Waals surface area contributed by atoms with Crippen LogP contribution in [-0.2, 0) is 4.79 Å². The molecule has 4 heteroatoms. The molecule has 0 fully saturated rings. The summed E-state index contributed by atoms with van der Waals surface area (Å²) in [5.74, 6) is 0.286. The number of benzene rings is 1. The summed E-state index contributed by atoms with van der Waals surface area (Å²) in [4.78, 5) is 14.9. The molecule has 0 bridgehead atoms. The van der Waals surface area contributed by atoms with Crippen molar-refractivity contribution in [1.82, 2.24) is 4.98 Å². The standard InChI is InChI=1S/C9H7NO2S/c1-6(11)12-8-4-2-3-7-9(8)13-5-10-7/h2-5H,1H3. The van der Waals surface area contributed by atoms with Crippen LogP contribution in [-0.4, -0.2) is 11.0 Å². The van der Waals surface area contributed by atoms with Crippen molar-refractivity contribution in [3.8, 4) is 5.75 Å². The summed E-state index contributed by atoms with van der Waals surface area (Å²) < 4.78 is 5.93. The molecule has 0 saturated carbocycles. The third kappa shape index (κ3) is 1.53. The Hall–Kier alpha value is -1.42. The highest BCUT2D eigenvalue weighted by atomic mass is 32.1. The predicted octanol–water partition coefficient (Wildman–Crippen LogP) is 2.22. The van der Waals surface area contributed by atoms with Crippen LogP contribution in [0.25, 0.3) is 10.2 Å². The number of thiazole rings is 1. The van der Waals surface area contributed by atoms with Crippen LogP contribution in [0.4, 0.5) is 0 Å². The molecule has 0 aliphatic heterocycles. The lowest BCUT2D eigenvalue weighted by atomic mass is 10.3. The van der Waals surface area contributed by atoms with E-state index in [1.165, 1.54) is 18.3 Å². The van der Waals surface area contributed by atoms with E-state index < -0.39 is 0 Å². The van der Waals surface area contributed by atoms with E-state index in [-0.39, 0.29) is 5.97 Å². The molecule has 0 N–H and O–H groups in total. The van der Waals surface area contributed by atoms with E-state index in [4.69, 9.17) is 4.74 Å².